The maximum absolute atomic E-state index is 13.0. The Kier molecular flexibility index (Phi) is 10.4. The molecule has 0 heterocycles. The lowest BCUT2D eigenvalue weighted by Gasteiger charge is -2.19. The number of hydrogen-bond donors (Lipinski definition) is 1. The average molecular weight is 282 g/mol. The second kappa shape index (κ2) is 11.3. The SMILES string of the molecule is C=O.CCCN(CC(=O)CCc1cccc(F)c1)NC. The molecular weight excluding hydrogens is 259 g/mol. The van der Waals surface area contributed by atoms with Crippen LogP contribution < -0.4 is 5.43 Å². The van der Waals surface area contributed by atoms with E-state index in [4.69, 9.17) is 4.79 Å². The van der Waals surface area contributed by atoms with Gasteiger partial charge in [-0.25, -0.2) is 9.40 Å². The Labute approximate surface area is 119 Å². The van der Waals surface area contributed by atoms with Gasteiger partial charge >= 0.3 is 0 Å². The van der Waals surface area contributed by atoms with Crippen molar-refractivity contribution in [2.24, 2.45) is 0 Å². The molecule has 1 rings (SSSR count). The topological polar surface area (TPSA) is 49.4 Å². The molecule has 0 radical (unpaired) electrons. The second-order valence-electron chi connectivity index (χ2n) is 4.31. The highest BCUT2D eigenvalue weighted by molar-refractivity contribution is 5.80. The summed E-state index contributed by atoms with van der Waals surface area (Å²) in [6.07, 6.45) is 2.05. The van der Waals surface area contributed by atoms with Gasteiger partial charge in [0.2, 0.25) is 0 Å². The summed E-state index contributed by atoms with van der Waals surface area (Å²) < 4.78 is 13.0. The highest BCUT2D eigenvalue weighted by Crippen LogP contribution is 2.06. The predicted molar refractivity (Wildman–Crippen MR) is 77.8 cm³/mol. The fourth-order valence-electron chi connectivity index (χ4n) is 1.81. The van der Waals surface area contributed by atoms with Gasteiger partial charge in [0.1, 0.15) is 18.4 Å². The molecule has 0 saturated carbocycles. The number of hydrazine groups is 1. The van der Waals surface area contributed by atoms with Crippen molar-refractivity contribution < 1.29 is 14.0 Å². The molecule has 0 aliphatic rings. The Bertz CT molecular complexity index is 399. The maximum Gasteiger partial charge on any atom is 0.148 e. The third-order valence-electron chi connectivity index (χ3n) is 2.76. The molecule has 0 aliphatic carbocycles. The second-order valence-corrected chi connectivity index (χ2v) is 4.31. The van der Waals surface area contributed by atoms with Crippen molar-refractivity contribution in [1.82, 2.24) is 10.4 Å². The summed E-state index contributed by atoms with van der Waals surface area (Å²) in [6, 6.07) is 6.41. The number of benzene rings is 1. The van der Waals surface area contributed by atoms with Crippen molar-refractivity contribution in [2.45, 2.75) is 26.2 Å². The van der Waals surface area contributed by atoms with E-state index in [-0.39, 0.29) is 11.6 Å². The van der Waals surface area contributed by atoms with Gasteiger partial charge < -0.3 is 4.79 Å². The fraction of sp³-hybridized carbons (Fsp3) is 0.467. The van der Waals surface area contributed by atoms with Crippen LogP contribution >= 0.6 is 0 Å². The maximum atomic E-state index is 13.0. The van der Waals surface area contributed by atoms with Crippen LogP contribution in [0.15, 0.2) is 24.3 Å². The van der Waals surface area contributed by atoms with E-state index in [1.807, 2.05) is 24.9 Å². The summed E-state index contributed by atoms with van der Waals surface area (Å²) in [6.45, 7) is 5.32. The van der Waals surface area contributed by atoms with Gasteiger partial charge in [-0.2, -0.15) is 0 Å². The smallest absolute Gasteiger partial charge is 0.148 e. The lowest BCUT2D eigenvalue weighted by molar-refractivity contribution is -0.120. The molecule has 0 saturated heterocycles. The number of hydrogen-bond acceptors (Lipinski definition) is 4. The van der Waals surface area contributed by atoms with Crippen molar-refractivity contribution in [1.29, 1.82) is 0 Å². The Morgan fingerprint density at radius 1 is 1.40 bits per heavy atom. The molecule has 20 heavy (non-hydrogen) atoms. The van der Waals surface area contributed by atoms with Gasteiger partial charge in [0, 0.05) is 13.0 Å². The molecule has 1 aromatic rings. The predicted octanol–water partition coefficient (Wildman–Crippen LogP) is 1.99. The van der Waals surface area contributed by atoms with Gasteiger partial charge in [-0.1, -0.05) is 19.1 Å². The molecule has 1 N–H and O–H groups in total. The summed E-state index contributed by atoms with van der Waals surface area (Å²) in [4.78, 5) is 19.8. The minimum Gasteiger partial charge on any atom is -0.307 e. The molecule has 1 aromatic carbocycles. The number of nitrogens with one attached hydrogen (secondary N) is 1. The molecule has 0 atom stereocenters. The third kappa shape index (κ3) is 7.76. The highest BCUT2D eigenvalue weighted by atomic mass is 19.1. The molecule has 0 unspecified atom stereocenters. The number of aryl methyl sites for hydroxylation is 1. The minimum absolute atomic E-state index is 0.169. The monoisotopic (exact) mass is 282 g/mol. The van der Waals surface area contributed by atoms with Gasteiger partial charge in [-0.05, 0) is 37.6 Å². The average Bonchev–Trinajstić information content (AvgIpc) is 2.47. The van der Waals surface area contributed by atoms with E-state index in [1.165, 1.54) is 12.1 Å². The number of halogens is 1. The molecule has 4 nitrogen and oxygen atoms in total. The van der Waals surface area contributed by atoms with E-state index < -0.39 is 0 Å². The Balaban J connectivity index is 0.00000172. The molecule has 0 aliphatic heterocycles. The number of ketones is 1. The molecule has 0 spiro atoms. The summed E-state index contributed by atoms with van der Waals surface area (Å²) in [5.41, 5.74) is 3.86. The van der Waals surface area contributed by atoms with E-state index in [9.17, 15) is 9.18 Å². The largest absolute Gasteiger partial charge is 0.307 e. The van der Waals surface area contributed by atoms with E-state index in [1.54, 1.807) is 6.07 Å². The first-order valence-electron chi connectivity index (χ1n) is 6.63. The number of Topliss-reactive ketones (excluding diaryl/α,β-unsaturated/α-hetero) is 1. The van der Waals surface area contributed by atoms with Crippen LogP contribution in [0.25, 0.3) is 0 Å². The Hall–Kier alpha value is -1.59. The molecule has 0 bridgehead atoms. The van der Waals surface area contributed by atoms with Gasteiger partial charge in [-0.3, -0.25) is 10.2 Å². The highest BCUT2D eigenvalue weighted by Gasteiger charge is 2.08. The summed E-state index contributed by atoms with van der Waals surface area (Å²) in [5.74, 6) is -0.0788. The van der Waals surface area contributed by atoms with Crippen LogP contribution in [0.1, 0.15) is 25.3 Å². The first-order valence-corrected chi connectivity index (χ1v) is 6.63. The fourth-order valence-corrected chi connectivity index (χ4v) is 1.81. The van der Waals surface area contributed by atoms with Crippen LogP contribution in [0.3, 0.4) is 0 Å². The molecular formula is C15H23FN2O2. The Morgan fingerprint density at radius 2 is 2.10 bits per heavy atom. The zero-order valence-electron chi connectivity index (χ0n) is 12.2. The first kappa shape index (κ1) is 18.4. The van der Waals surface area contributed by atoms with Crippen LogP contribution in [0.2, 0.25) is 0 Å². The van der Waals surface area contributed by atoms with E-state index >= 15 is 0 Å². The molecule has 0 amide bonds. The van der Waals surface area contributed by atoms with Gasteiger partial charge in [-0.15, -0.1) is 0 Å². The lowest BCUT2D eigenvalue weighted by Crippen LogP contribution is -2.39. The lowest BCUT2D eigenvalue weighted by atomic mass is 10.1. The van der Waals surface area contributed by atoms with Crippen LogP contribution in [0.4, 0.5) is 4.39 Å². The number of nitrogens with zero attached hydrogens (tertiary/aromatic N) is 1. The summed E-state index contributed by atoms with van der Waals surface area (Å²) in [5, 5.41) is 1.90. The van der Waals surface area contributed by atoms with E-state index in [2.05, 4.69) is 12.3 Å². The first-order chi connectivity index (χ1) is 9.65. The van der Waals surface area contributed by atoms with Gasteiger partial charge in [0.15, 0.2) is 0 Å². The van der Waals surface area contributed by atoms with Crippen molar-refractivity contribution in [3.05, 3.63) is 35.6 Å². The van der Waals surface area contributed by atoms with Crippen LogP contribution in [0, 0.1) is 5.82 Å². The molecule has 112 valence electrons. The standard InChI is InChI=1S/C14H21FN2O.CH2O/c1-3-9-17(16-2)11-14(18)8-7-12-5-4-6-13(15)10-12;1-2/h4-6,10,16H,3,7-9,11H2,1-2H3;1H2. The van der Waals surface area contributed by atoms with Gasteiger partial charge in [0.05, 0.1) is 6.54 Å². The zero-order chi connectivity index (χ0) is 15.4. The van der Waals surface area contributed by atoms with Crippen LogP contribution in [-0.2, 0) is 16.0 Å². The van der Waals surface area contributed by atoms with E-state index in [0.717, 1.165) is 18.5 Å². The van der Waals surface area contributed by atoms with Crippen LogP contribution in [-0.4, -0.2) is 37.7 Å². The molecule has 5 heteroatoms. The van der Waals surface area contributed by atoms with Crippen molar-refractivity contribution in [2.75, 3.05) is 20.1 Å². The number of carbonyl (C=O) groups is 2. The molecule has 0 aromatic heterocycles. The molecule has 0 fully saturated rings. The van der Waals surface area contributed by atoms with Crippen molar-refractivity contribution in [3.8, 4) is 0 Å². The normalized spacial score (nSPS) is 10.0. The van der Waals surface area contributed by atoms with Crippen molar-refractivity contribution in [3.63, 3.8) is 0 Å². The summed E-state index contributed by atoms with van der Waals surface area (Å²) >= 11 is 0. The number of rotatable bonds is 8. The van der Waals surface area contributed by atoms with Crippen LogP contribution in [0.5, 0.6) is 0 Å². The summed E-state index contributed by atoms with van der Waals surface area (Å²) in [7, 11) is 1.81. The van der Waals surface area contributed by atoms with Crippen molar-refractivity contribution >= 4 is 12.6 Å². The number of carbonyl (C=O) groups excluding carboxylic acids is 2. The zero-order valence-corrected chi connectivity index (χ0v) is 12.2. The quantitative estimate of drug-likeness (QED) is 0.741. The minimum atomic E-state index is -0.247. The third-order valence-corrected chi connectivity index (χ3v) is 2.76. The van der Waals surface area contributed by atoms with E-state index in [0.29, 0.717) is 19.4 Å². The van der Waals surface area contributed by atoms with Gasteiger partial charge in [0.25, 0.3) is 0 Å². The Morgan fingerprint density at radius 3 is 2.65 bits per heavy atom.